The number of hydrogen-bond acceptors (Lipinski definition) is 2. The number of hydrogen-bond donors (Lipinski definition) is 1. The summed E-state index contributed by atoms with van der Waals surface area (Å²) in [5, 5.41) is 3.70. The quantitative estimate of drug-likeness (QED) is 0.813. The molecule has 0 aromatic heterocycles. The predicted octanol–water partition coefficient (Wildman–Crippen LogP) is 3.22. The molecule has 2 rings (SSSR count). The monoisotopic (exact) mass is 239 g/mol. The zero-order chi connectivity index (χ0) is 12.3. The van der Waals surface area contributed by atoms with Crippen LogP contribution in [0.1, 0.15) is 52.9 Å². The summed E-state index contributed by atoms with van der Waals surface area (Å²) in [7, 11) is 0. The first-order chi connectivity index (χ1) is 8.22. The lowest BCUT2D eigenvalue weighted by atomic mass is 9.72. The molecule has 0 spiro atoms. The topological polar surface area (TPSA) is 21.3 Å². The fourth-order valence-electron chi connectivity index (χ4n) is 3.64. The number of ether oxygens (including phenoxy) is 1. The lowest BCUT2D eigenvalue weighted by Crippen LogP contribution is -2.47. The second-order valence-corrected chi connectivity index (χ2v) is 6.16. The molecule has 17 heavy (non-hydrogen) atoms. The first-order valence-electron chi connectivity index (χ1n) is 7.57. The van der Waals surface area contributed by atoms with Crippen molar-refractivity contribution in [3.8, 4) is 0 Å². The highest BCUT2D eigenvalue weighted by molar-refractivity contribution is 4.89. The van der Waals surface area contributed by atoms with E-state index < -0.39 is 0 Å². The van der Waals surface area contributed by atoms with Gasteiger partial charge in [-0.25, -0.2) is 0 Å². The van der Waals surface area contributed by atoms with Crippen LogP contribution < -0.4 is 5.32 Å². The summed E-state index contributed by atoms with van der Waals surface area (Å²) < 4.78 is 5.92. The van der Waals surface area contributed by atoms with Crippen molar-refractivity contribution in [3.63, 3.8) is 0 Å². The minimum atomic E-state index is 0.487. The fraction of sp³-hybridized carbons (Fsp3) is 1.00. The molecule has 0 radical (unpaired) electrons. The molecule has 0 bridgehead atoms. The number of likely N-dealkylation sites (N-methyl/N-ethyl adjacent to an activating group) is 1. The third-order valence-electron chi connectivity index (χ3n) is 4.95. The highest BCUT2D eigenvalue weighted by atomic mass is 16.5. The van der Waals surface area contributed by atoms with Crippen molar-refractivity contribution >= 4 is 0 Å². The van der Waals surface area contributed by atoms with E-state index in [1.165, 1.54) is 32.1 Å². The van der Waals surface area contributed by atoms with Gasteiger partial charge in [-0.15, -0.1) is 0 Å². The van der Waals surface area contributed by atoms with Gasteiger partial charge in [-0.05, 0) is 50.0 Å². The van der Waals surface area contributed by atoms with Gasteiger partial charge in [0.15, 0.2) is 0 Å². The average molecular weight is 239 g/mol. The lowest BCUT2D eigenvalue weighted by Gasteiger charge is -2.39. The molecule has 0 aromatic rings. The van der Waals surface area contributed by atoms with Gasteiger partial charge in [0.2, 0.25) is 0 Å². The maximum Gasteiger partial charge on any atom is 0.0731 e. The van der Waals surface area contributed by atoms with Crippen molar-refractivity contribution in [1.82, 2.24) is 5.32 Å². The highest BCUT2D eigenvalue weighted by Gasteiger charge is 2.35. The van der Waals surface area contributed by atoms with E-state index in [9.17, 15) is 0 Å². The average Bonchev–Trinajstić information content (AvgIpc) is 2.83. The van der Waals surface area contributed by atoms with Crippen LogP contribution in [0.3, 0.4) is 0 Å². The Morgan fingerprint density at radius 2 is 2.00 bits per heavy atom. The summed E-state index contributed by atoms with van der Waals surface area (Å²) in [6, 6.07) is 0.609. The van der Waals surface area contributed by atoms with Gasteiger partial charge in [0.25, 0.3) is 0 Å². The van der Waals surface area contributed by atoms with Gasteiger partial charge in [-0.2, -0.15) is 0 Å². The van der Waals surface area contributed by atoms with Crippen LogP contribution in [0.2, 0.25) is 0 Å². The van der Waals surface area contributed by atoms with E-state index >= 15 is 0 Å². The molecule has 1 saturated carbocycles. The normalized spacial score (nSPS) is 40.4. The van der Waals surface area contributed by atoms with Crippen molar-refractivity contribution in [3.05, 3.63) is 0 Å². The van der Waals surface area contributed by atoms with Crippen molar-refractivity contribution in [2.45, 2.75) is 65.0 Å². The van der Waals surface area contributed by atoms with Gasteiger partial charge >= 0.3 is 0 Å². The molecule has 100 valence electrons. The highest BCUT2D eigenvalue weighted by Crippen LogP contribution is 2.37. The van der Waals surface area contributed by atoms with Crippen LogP contribution in [0.4, 0.5) is 0 Å². The van der Waals surface area contributed by atoms with Crippen LogP contribution in [0.25, 0.3) is 0 Å². The summed E-state index contributed by atoms with van der Waals surface area (Å²) >= 11 is 0. The molecular weight excluding hydrogens is 210 g/mol. The first kappa shape index (κ1) is 13.4. The Morgan fingerprint density at radius 3 is 2.59 bits per heavy atom. The van der Waals surface area contributed by atoms with Crippen molar-refractivity contribution in [2.75, 3.05) is 13.2 Å². The molecule has 2 aliphatic rings. The number of nitrogens with one attached hydrogen (secondary N) is 1. The van der Waals surface area contributed by atoms with Crippen LogP contribution in [0.5, 0.6) is 0 Å². The Morgan fingerprint density at radius 1 is 1.18 bits per heavy atom. The number of rotatable bonds is 4. The molecule has 5 unspecified atom stereocenters. The van der Waals surface area contributed by atoms with E-state index in [0.29, 0.717) is 12.1 Å². The molecule has 2 heteroatoms. The zero-order valence-electron chi connectivity index (χ0n) is 11.7. The van der Waals surface area contributed by atoms with Gasteiger partial charge in [0.1, 0.15) is 0 Å². The summed E-state index contributed by atoms with van der Waals surface area (Å²) in [5.41, 5.74) is 0. The minimum Gasteiger partial charge on any atom is -0.377 e. The molecule has 1 N–H and O–H groups in total. The van der Waals surface area contributed by atoms with Crippen LogP contribution in [0.15, 0.2) is 0 Å². The van der Waals surface area contributed by atoms with E-state index in [-0.39, 0.29) is 0 Å². The zero-order valence-corrected chi connectivity index (χ0v) is 11.7. The maximum atomic E-state index is 5.92. The van der Waals surface area contributed by atoms with Crippen LogP contribution in [0, 0.1) is 17.8 Å². The minimum absolute atomic E-state index is 0.487. The largest absolute Gasteiger partial charge is 0.377 e. The smallest absolute Gasteiger partial charge is 0.0731 e. The molecule has 1 saturated heterocycles. The van der Waals surface area contributed by atoms with Gasteiger partial charge in [-0.3, -0.25) is 0 Å². The van der Waals surface area contributed by atoms with E-state index in [4.69, 9.17) is 4.74 Å². The third-order valence-corrected chi connectivity index (χ3v) is 4.95. The van der Waals surface area contributed by atoms with Crippen molar-refractivity contribution < 1.29 is 4.74 Å². The molecule has 0 amide bonds. The second kappa shape index (κ2) is 6.19. The second-order valence-electron chi connectivity index (χ2n) is 6.16. The molecule has 5 atom stereocenters. The van der Waals surface area contributed by atoms with Crippen LogP contribution >= 0.6 is 0 Å². The third kappa shape index (κ3) is 3.23. The summed E-state index contributed by atoms with van der Waals surface area (Å²) in [5.74, 6) is 2.64. The Hall–Kier alpha value is -0.0800. The van der Waals surface area contributed by atoms with Gasteiger partial charge in [0.05, 0.1) is 6.10 Å². The van der Waals surface area contributed by atoms with E-state index in [1.807, 2.05) is 0 Å². The summed E-state index contributed by atoms with van der Waals surface area (Å²) in [4.78, 5) is 0. The van der Waals surface area contributed by atoms with Crippen LogP contribution in [-0.2, 0) is 4.74 Å². The van der Waals surface area contributed by atoms with E-state index in [0.717, 1.165) is 30.9 Å². The predicted molar refractivity (Wildman–Crippen MR) is 72.1 cm³/mol. The summed E-state index contributed by atoms with van der Waals surface area (Å²) in [6.07, 6.45) is 7.19. The Labute approximate surface area is 107 Å². The molecular formula is C15H29NO. The van der Waals surface area contributed by atoms with Crippen LogP contribution in [-0.4, -0.2) is 25.3 Å². The van der Waals surface area contributed by atoms with E-state index in [2.05, 4.69) is 26.1 Å². The summed E-state index contributed by atoms with van der Waals surface area (Å²) in [6.45, 7) is 9.11. The molecule has 1 aliphatic heterocycles. The maximum absolute atomic E-state index is 5.92. The molecule has 2 nitrogen and oxygen atoms in total. The van der Waals surface area contributed by atoms with Gasteiger partial charge in [0, 0.05) is 12.6 Å². The van der Waals surface area contributed by atoms with Gasteiger partial charge in [-0.1, -0.05) is 27.2 Å². The Balaban J connectivity index is 1.95. The lowest BCUT2D eigenvalue weighted by molar-refractivity contribution is 0.0389. The molecule has 1 aliphatic carbocycles. The SMILES string of the molecule is CCNC(C1CCC(C)C(C)C1)C1CCCO1. The van der Waals surface area contributed by atoms with Gasteiger partial charge < -0.3 is 10.1 Å². The standard InChI is InChI=1S/C15H29NO/c1-4-16-15(14-6-5-9-17-14)13-8-7-11(2)12(3)10-13/h11-16H,4-10H2,1-3H3. The molecule has 0 aromatic carbocycles. The Bertz CT molecular complexity index is 225. The van der Waals surface area contributed by atoms with Crippen molar-refractivity contribution in [2.24, 2.45) is 17.8 Å². The molecule has 1 heterocycles. The first-order valence-corrected chi connectivity index (χ1v) is 7.57. The molecule has 2 fully saturated rings. The Kier molecular flexibility index (Phi) is 4.87. The van der Waals surface area contributed by atoms with E-state index in [1.54, 1.807) is 0 Å². The fourth-order valence-corrected chi connectivity index (χ4v) is 3.64. The van der Waals surface area contributed by atoms with Crippen molar-refractivity contribution in [1.29, 1.82) is 0 Å².